The fraction of sp³-hybridized carbons (Fsp3) is 1.00. The summed E-state index contributed by atoms with van der Waals surface area (Å²) in [6, 6.07) is 0. The van der Waals surface area contributed by atoms with Crippen LogP contribution in [0, 0.1) is 0 Å². The summed E-state index contributed by atoms with van der Waals surface area (Å²) in [5, 5.41) is 36.1. The van der Waals surface area contributed by atoms with E-state index in [-0.39, 0.29) is 145 Å². The van der Waals surface area contributed by atoms with Crippen molar-refractivity contribution in [1.29, 1.82) is 0 Å². The molecular formula is C56H124Na4O28P8. The minimum absolute atomic E-state index is 0. The Morgan fingerprint density at radius 3 is 0.406 bits per heavy atom. The van der Waals surface area contributed by atoms with E-state index in [9.17, 15) is 56.1 Å². The van der Waals surface area contributed by atoms with E-state index in [1.165, 1.54) is 180 Å². The van der Waals surface area contributed by atoms with Gasteiger partial charge in [0.2, 0.25) is 22.3 Å². The van der Waals surface area contributed by atoms with E-state index in [1.807, 2.05) is 0 Å². The van der Waals surface area contributed by atoms with Crippen molar-refractivity contribution < 1.29 is 252 Å². The predicted molar refractivity (Wildman–Crippen MR) is 352 cm³/mol. The van der Waals surface area contributed by atoms with Crippen LogP contribution >= 0.6 is 60.8 Å². The normalized spacial score (nSPS) is 15.5. The largest absolute Gasteiger partial charge is 1.00 e. The Hall–Kier alpha value is 5.04. The van der Waals surface area contributed by atoms with Gasteiger partial charge in [-0.3, -0.25) is 18.3 Å². The summed E-state index contributed by atoms with van der Waals surface area (Å²) < 4.78 is 106. The van der Waals surface area contributed by atoms with E-state index in [1.54, 1.807) is 0 Å². The first-order chi connectivity index (χ1) is 42.9. The molecule has 0 aliphatic heterocycles. The second kappa shape index (κ2) is 71.6. The summed E-state index contributed by atoms with van der Waals surface area (Å²) in [6.07, 6.45) is 48.7. The van der Waals surface area contributed by atoms with Crippen LogP contribution in [0.25, 0.3) is 0 Å². The topological polar surface area (TPSA) is 508 Å². The van der Waals surface area contributed by atoms with Gasteiger partial charge < -0.3 is 116 Å². The smallest absolute Gasteiger partial charge is 0.776 e. The number of rotatable bonds is 60. The molecule has 8 unspecified atom stereocenters. The first-order valence-corrected chi connectivity index (χ1v) is 46.8. The van der Waals surface area contributed by atoms with Gasteiger partial charge in [-0.25, -0.2) is 0 Å². The van der Waals surface area contributed by atoms with Crippen LogP contribution in [-0.4, -0.2) is 108 Å². The second-order valence-corrected chi connectivity index (χ2v) is 39.0. The monoisotopic (exact) mass is 1580 g/mol. The van der Waals surface area contributed by atoms with Gasteiger partial charge >= 0.3 is 149 Å². The molecule has 560 valence electrons. The number of hydrogen-bond donors (Lipinski definition) is 12. The zero-order valence-electron chi connectivity index (χ0n) is 59.7. The molecule has 8 atom stereocenters. The number of aliphatic hydroxyl groups is 4. The zero-order valence-corrected chi connectivity index (χ0v) is 74.9. The third kappa shape index (κ3) is 74.5. The maximum atomic E-state index is 11.3. The molecule has 0 amide bonds. The maximum absolute atomic E-state index is 11.3. The van der Waals surface area contributed by atoms with Crippen LogP contribution in [0.4, 0.5) is 0 Å². The van der Waals surface area contributed by atoms with Gasteiger partial charge in [0.25, 0.3) is 0 Å². The van der Waals surface area contributed by atoms with Crippen molar-refractivity contribution >= 4 is 60.8 Å². The quantitative estimate of drug-likeness (QED) is 0.0232. The Morgan fingerprint density at radius 2 is 0.312 bits per heavy atom. The molecule has 96 heavy (non-hydrogen) atoms. The SMILES string of the molecule is CCCCCCCCCCCCCOP(=O)([O-])C(O)P(=O)(O)O.CCCCCCCCCCCCCOP(=O)([O-])C(O)P(=O)(O)O.CCCCCCCCCCCCCOP(=O)([O-])C(O)P(=O)(O)O.CCCCCCCCCCCCCOP(=O)([O-])C(O)P(=O)(O)O.[Na+].[Na+].[Na+].[Na+]. The van der Waals surface area contributed by atoms with Crippen LogP contribution in [0.1, 0.15) is 310 Å². The predicted octanol–water partition coefficient (Wildman–Crippen LogP) is 1.30. The molecule has 0 bridgehead atoms. The maximum Gasteiger partial charge on any atom is 1.00 e. The van der Waals surface area contributed by atoms with E-state index < -0.39 is 83.1 Å². The van der Waals surface area contributed by atoms with Crippen LogP contribution in [0.15, 0.2) is 0 Å². The van der Waals surface area contributed by atoms with E-state index in [0.717, 1.165) is 77.0 Å². The van der Waals surface area contributed by atoms with Crippen LogP contribution < -0.4 is 138 Å². The molecule has 0 aliphatic rings. The van der Waals surface area contributed by atoms with Gasteiger partial charge in [-0.1, -0.05) is 285 Å². The third-order valence-corrected chi connectivity index (χ3v) is 28.3. The van der Waals surface area contributed by atoms with Crippen molar-refractivity contribution in [2.75, 3.05) is 26.4 Å². The van der Waals surface area contributed by atoms with E-state index in [4.69, 9.17) is 59.6 Å². The first kappa shape index (κ1) is 117. The molecule has 0 fully saturated rings. The molecule has 0 rings (SSSR count). The number of aliphatic hydroxyl groups excluding tert-OH is 4. The van der Waals surface area contributed by atoms with Gasteiger partial charge in [-0.2, -0.15) is 0 Å². The van der Waals surface area contributed by atoms with Crippen molar-refractivity contribution in [3.8, 4) is 0 Å². The summed E-state index contributed by atoms with van der Waals surface area (Å²) in [4.78, 5) is 114. The molecular weight excluding hydrogens is 1460 g/mol. The second-order valence-electron chi connectivity index (χ2n) is 23.4. The molecule has 0 radical (unpaired) electrons. The minimum Gasteiger partial charge on any atom is -0.776 e. The fourth-order valence-electron chi connectivity index (χ4n) is 8.84. The average molecular weight is 1590 g/mol. The molecule has 0 heterocycles. The zero-order chi connectivity index (χ0) is 71.1. The standard InChI is InChI=1S/4C14H32O7P2.4Na/c4*1-2-3-4-5-6-7-8-9-10-11-12-13-21-23(19,20)14(15)22(16,17)18;;;;/h4*14-15H,2-13H2,1H3,(H,19,20)(H2,16,17,18);;;;/q;;;;4*+1/p-4. The van der Waals surface area contributed by atoms with Crippen molar-refractivity contribution in [1.82, 2.24) is 0 Å². The van der Waals surface area contributed by atoms with Gasteiger partial charge in [-0.05, 0) is 25.7 Å². The third-order valence-electron chi connectivity index (χ3n) is 14.4. The molecule has 0 saturated carbocycles. The van der Waals surface area contributed by atoms with Crippen molar-refractivity contribution in [2.45, 2.75) is 333 Å². The number of unbranched alkanes of at least 4 members (excludes halogenated alkanes) is 40. The molecule has 12 N–H and O–H groups in total. The van der Waals surface area contributed by atoms with E-state index in [0.29, 0.717) is 25.7 Å². The van der Waals surface area contributed by atoms with Crippen molar-refractivity contribution in [3.05, 3.63) is 0 Å². The minimum atomic E-state index is -5.11. The Bertz CT molecular complexity index is 1850. The average Bonchev–Trinajstić information content (AvgIpc) is 0.909. The molecule has 0 aliphatic carbocycles. The van der Waals surface area contributed by atoms with Crippen LogP contribution in [0.2, 0.25) is 0 Å². The molecule has 0 saturated heterocycles. The molecule has 0 aromatic heterocycles. The molecule has 0 spiro atoms. The summed E-state index contributed by atoms with van der Waals surface area (Å²) in [6.45, 7) is 8.16. The summed E-state index contributed by atoms with van der Waals surface area (Å²) in [7, 11) is -40.2. The summed E-state index contributed by atoms with van der Waals surface area (Å²) in [5.74, 6) is 0. The Morgan fingerprint density at radius 1 is 0.219 bits per heavy atom. The van der Waals surface area contributed by atoms with Crippen molar-refractivity contribution in [2.24, 2.45) is 0 Å². The Kier molecular flexibility index (Phi) is 87.2. The fourth-order valence-corrected chi connectivity index (χ4v) is 17.6. The number of hydrogen-bond acceptors (Lipinski definition) is 20. The van der Waals surface area contributed by atoms with Gasteiger partial charge in [0.05, 0.1) is 26.4 Å². The van der Waals surface area contributed by atoms with E-state index in [2.05, 4.69) is 45.8 Å². The van der Waals surface area contributed by atoms with Gasteiger partial charge in [-0.15, -0.1) is 0 Å². The summed E-state index contributed by atoms with van der Waals surface area (Å²) in [5.41, 5.74) is -11.1. The molecule has 28 nitrogen and oxygen atoms in total. The van der Waals surface area contributed by atoms with Crippen LogP contribution in [-0.2, 0) is 54.6 Å². The molecule has 0 aromatic rings. The first-order valence-electron chi connectivity index (χ1n) is 33.6. The van der Waals surface area contributed by atoms with Crippen LogP contribution in [0.3, 0.4) is 0 Å². The summed E-state index contributed by atoms with van der Waals surface area (Å²) >= 11 is 0. The Labute approximate surface area is 664 Å². The Balaban J connectivity index is -0.000000177. The van der Waals surface area contributed by atoms with Gasteiger partial charge in [0.15, 0.2) is 30.4 Å². The molecule has 40 heteroatoms. The van der Waals surface area contributed by atoms with Crippen molar-refractivity contribution in [3.63, 3.8) is 0 Å². The van der Waals surface area contributed by atoms with Gasteiger partial charge in [0, 0.05) is 0 Å². The van der Waals surface area contributed by atoms with Crippen LogP contribution in [0.5, 0.6) is 0 Å². The van der Waals surface area contributed by atoms with E-state index >= 15 is 0 Å². The molecule has 0 aromatic carbocycles. The van der Waals surface area contributed by atoms with Gasteiger partial charge in [0.1, 0.15) is 0 Å².